The second-order valence-electron chi connectivity index (χ2n) is 6.31. The molecule has 2 rings (SSSR count). The maximum Gasteiger partial charge on any atom is 0.224 e. The van der Waals surface area contributed by atoms with Crippen LogP contribution in [0.5, 0.6) is 0 Å². The van der Waals surface area contributed by atoms with E-state index in [1.54, 1.807) is 0 Å². The molecule has 1 aromatic carbocycles. The van der Waals surface area contributed by atoms with Gasteiger partial charge in [0.15, 0.2) is 0 Å². The van der Waals surface area contributed by atoms with E-state index in [1.165, 1.54) is 32.1 Å². The van der Waals surface area contributed by atoms with Gasteiger partial charge in [0.05, 0.1) is 5.92 Å². The van der Waals surface area contributed by atoms with Gasteiger partial charge in [-0.05, 0) is 17.9 Å². The van der Waals surface area contributed by atoms with Crippen molar-refractivity contribution in [2.24, 2.45) is 17.6 Å². The van der Waals surface area contributed by atoms with Crippen molar-refractivity contribution in [2.75, 3.05) is 6.54 Å². The summed E-state index contributed by atoms with van der Waals surface area (Å²) in [5.41, 5.74) is 7.21. The SMILES string of the molecule is CC(C(=O)NCCC1CCCCC1)C(N)c1ccccc1.Cl. The minimum absolute atomic E-state index is 0. The molecule has 0 aliphatic heterocycles. The minimum Gasteiger partial charge on any atom is -0.356 e. The first-order valence-electron chi connectivity index (χ1n) is 8.26. The van der Waals surface area contributed by atoms with Crippen molar-refractivity contribution in [3.05, 3.63) is 35.9 Å². The summed E-state index contributed by atoms with van der Waals surface area (Å²) in [5, 5.41) is 3.06. The van der Waals surface area contributed by atoms with Crippen LogP contribution in [0.1, 0.15) is 57.1 Å². The highest BCUT2D eigenvalue weighted by Gasteiger charge is 2.22. The topological polar surface area (TPSA) is 55.1 Å². The van der Waals surface area contributed by atoms with Crippen LogP contribution in [0.15, 0.2) is 30.3 Å². The minimum atomic E-state index is -0.235. The maximum atomic E-state index is 12.2. The number of amides is 1. The van der Waals surface area contributed by atoms with Crippen LogP contribution in [0, 0.1) is 11.8 Å². The van der Waals surface area contributed by atoms with Crippen LogP contribution in [0.25, 0.3) is 0 Å². The van der Waals surface area contributed by atoms with Gasteiger partial charge >= 0.3 is 0 Å². The van der Waals surface area contributed by atoms with Crippen molar-refractivity contribution in [1.29, 1.82) is 0 Å². The van der Waals surface area contributed by atoms with Gasteiger partial charge in [-0.2, -0.15) is 0 Å². The van der Waals surface area contributed by atoms with Gasteiger partial charge in [0.2, 0.25) is 5.91 Å². The van der Waals surface area contributed by atoms with Crippen molar-refractivity contribution in [3.8, 4) is 0 Å². The molecule has 2 atom stereocenters. The van der Waals surface area contributed by atoms with Crippen LogP contribution in [0.4, 0.5) is 0 Å². The number of halogens is 1. The van der Waals surface area contributed by atoms with E-state index in [4.69, 9.17) is 5.73 Å². The van der Waals surface area contributed by atoms with Gasteiger partial charge in [0.25, 0.3) is 0 Å². The summed E-state index contributed by atoms with van der Waals surface area (Å²) in [6.45, 7) is 2.70. The van der Waals surface area contributed by atoms with Crippen LogP contribution in [-0.4, -0.2) is 12.5 Å². The Hall–Kier alpha value is -1.06. The smallest absolute Gasteiger partial charge is 0.224 e. The molecule has 3 N–H and O–H groups in total. The van der Waals surface area contributed by atoms with Gasteiger partial charge in [-0.25, -0.2) is 0 Å². The number of nitrogens with two attached hydrogens (primary N) is 1. The van der Waals surface area contributed by atoms with E-state index in [9.17, 15) is 4.79 Å². The lowest BCUT2D eigenvalue weighted by atomic mass is 9.87. The standard InChI is InChI=1S/C18H28N2O.ClH/c1-14(17(19)16-10-6-3-7-11-16)18(21)20-13-12-15-8-4-2-5-9-15;/h3,6-7,10-11,14-15,17H,2,4-5,8-9,12-13,19H2,1H3,(H,20,21);1H. The molecule has 124 valence electrons. The number of benzene rings is 1. The second kappa shape index (κ2) is 9.86. The zero-order valence-corrected chi connectivity index (χ0v) is 14.3. The number of hydrogen-bond donors (Lipinski definition) is 2. The molecule has 1 saturated carbocycles. The fraction of sp³-hybridized carbons (Fsp3) is 0.611. The van der Waals surface area contributed by atoms with Gasteiger partial charge in [0.1, 0.15) is 0 Å². The molecule has 1 aromatic rings. The fourth-order valence-corrected chi connectivity index (χ4v) is 3.16. The van der Waals surface area contributed by atoms with Crippen LogP contribution in [-0.2, 0) is 4.79 Å². The maximum absolute atomic E-state index is 12.2. The van der Waals surface area contributed by atoms with Crippen molar-refractivity contribution >= 4 is 18.3 Å². The van der Waals surface area contributed by atoms with Gasteiger partial charge in [-0.3, -0.25) is 4.79 Å². The molecule has 3 nitrogen and oxygen atoms in total. The number of carbonyl (C=O) groups is 1. The fourth-order valence-electron chi connectivity index (χ4n) is 3.16. The summed E-state index contributed by atoms with van der Waals surface area (Å²) in [6.07, 6.45) is 7.86. The predicted octanol–water partition coefficient (Wildman–Crippen LogP) is 3.83. The average Bonchev–Trinajstić information content (AvgIpc) is 2.55. The second-order valence-corrected chi connectivity index (χ2v) is 6.31. The van der Waals surface area contributed by atoms with Crippen LogP contribution in [0.3, 0.4) is 0 Å². The van der Waals surface area contributed by atoms with Gasteiger partial charge < -0.3 is 11.1 Å². The average molecular weight is 325 g/mol. The number of nitrogens with one attached hydrogen (secondary N) is 1. The third-order valence-corrected chi connectivity index (χ3v) is 4.71. The van der Waals surface area contributed by atoms with E-state index in [-0.39, 0.29) is 30.3 Å². The number of hydrogen-bond acceptors (Lipinski definition) is 2. The normalized spacial score (nSPS) is 18.1. The summed E-state index contributed by atoms with van der Waals surface area (Å²) >= 11 is 0. The lowest BCUT2D eigenvalue weighted by Crippen LogP contribution is -2.36. The van der Waals surface area contributed by atoms with Crippen LogP contribution in [0.2, 0.25) is 0 Å². The largest absolute Gasteiger partial charge is 0.356 e. The molecule has 4 heteroatoms. The van der Waals surface area contributed by atoms with Gasteiger partial charge in [-0.1, -0.05) is 69.4 Å². The van der Waals surface area contributed by atoms with Crippen molar-refractivity contribution in [2.45, 2.75) is 51.5 Å². The monoisotopic (exact) mass is 324 g/mol. The first kappa shape index (κ1) is 19.0. The van der Waals surface area contributed by atoms with E-state index in [1.807, 2.05) is 37.3 Å². The Morgan fingerprint density at radius 1 is 1.23 bits per heavy atom. The Bertz CT molecular complexity index is 432. The highest BCUT2D eigenvalue weighted by Crippen LogP contribution is 2.26. The molecule has 0 saturated heterocycles. The van der Waals surface area contributed by atoms with Crippen molar-refractivity contribution in [3.63, 3.8) is 0 Å². The molecule has 0 spiro atoms. The molecule has 1 aliphatic carbocycles. The molecule has 22 heavy (non-hydrogen) atoms. The first-order valence-corrected chi connectivity index (χ1v) is 8.26. The molecule has 1 aliphatic rings. The molecule has 1 fully saturated rings. The van der Waals surface area contributed by atoms with Crippen LogP contribution < -0.4 is 11.1 Å². The Morgan fingerprint density at radius 3 is 2.50 bits per heavy atom. The molecule has 0 bridgehead atoms. The van der Waals surface area contributed by atoms with Crippen molar-refractivity contribution < 1.29 is 4.79 Å². The molecular weight excluding hydrogens is 296 g/mol. The molecule has 0 aromatic heterocycles. The Balaban J connectivity index is 0.00000242. The first-order chi connectivity index (χ1) is 10.2. The Kier molecular flexibility index (Phi) is 8.51. The van der Waals surface area contributed by atoms with Crippen LogP contribution >= 0.6 is 12.4 Å². The summed E-state index contributed by atoms with van der Waals surface area (Å²) in [7, 11) is 0. The lowest BCUT2D eigenvalue weighted by Gasteiger charge is -2.23. The van der Waals surface area contributed by atoms with Gasteiger partial charge in [0, 0.05) is 12.6 Å². The molecular formula is C18H29ClN2O. The zero-order valence-electron chi connectivity index (χ0n) is 13.5. The number of rotatable bonds is 6. The summed E-state index contributed by atoms with van der Waals surface area (Å²) in [6, 6.07) is 9.62. The highest BCUT2D eigenvalue weighted by molar-refractivity contribution is 5.85. The van der Waals surface area contributed by atoms with E-state index in [0.717, 1.165) is 24.4 Å². The van der Waals surface area contributed by atoms with E-state index < -0.39 is 0 Å². The summed E-state index contributed by atoms with van der Waals surface area (Å²) < 4.78 is 0. The summed E-state index contributed by atoms with van der Waals surface area (Å²) in [5.74, 6) is 0.679. The molecule has 0 radical (unpaired) electrons. The summed E-state index contributed by atoms with van der Waals surface area (Å²) in [4.78, 5) is 12.2. The van der Waals surface area contributed by atoms with E-state index in [2.05, 4.69) is 5.32 Å². The van der Waals surface area contributed by atoms with Gasteiger partial charge in [-0.15, -0.1) is 12.4 Å². The quantitative estimate of drug-likeness (QED) is 0.835. The molecule has 1 amide bonds. The third-order valence-electron chi connectivity index (χ3n) is 4.71. The van der Waals surface area contributed by atoms with E-state index in [0.29, 0.717) is 0 Å². The van der Waals surface area contributed by atoms with E-state index >= 15 is 0 Å². The highest BCUT2D eigenvalue weighted by atomic mass is 35.5. The lowest BCUT2D eigenvalue weighted by molar-refractivity contribution is -0.125. The Labute approximate surface area is 140 Å². The van der Waals surface area contributed by atoms with Crippen molar-refractivity contribution in [1.82, 2.24) is 5.32 Å². The zero-order chi connectivity index (χ0) is 15.1. The Morgan fingerprint density at radius 2 is 1.86 bits per heavy atom. The predicted molar refractivity (Wildman–Crippen MR) is 94.0 cm³/mol. The third kappa shape index (κ3) is 5.62. The molecule has 2 unspecified atom stereocenters. The molecule has 0 heterocycles. The number of carbonyl (C=O) groups excluding carboxylic acids is 1.